The summed E-state index contributed by atoms with van der Waals surface area (Å²) in [5, 5.41) is 7.38. The molecule has 2 rings (SSSR count). The molecule has 0 unspecified atom stereocenters. The Morgan fingerprint density at radius 2 is 1.85 bits per heavy atom. The van der Waals surface area contributed by atoms with Gasteiger partial charge in [-0.1, -0.05) is 13.3 Å². The lowest BCUT2D eigenvalue weighted by molar-refractivity contribution is 0.306. The summed E-state index contributed by atoms with van der Waals surface area (Å²) in [4.78, 5) is 0. The number of benzene rings is 1. The van der Waals surface area contributed by atoms with E-state index < -0.39 is 0 Å². The van der Waals surface area contributed by atoms with Crippen molar-refractivity contribution in [3.8, 4) is 5.75 Å². The van der Waals surface area contributed by atoms with Gasteiger partial charge in [0.1, 0.15) is 5.75 Å². The molecular formula is C16H24N2OS. The maximum absolute atomic E-state index is 5.38. The van der Waals surface area contributed by atoms with Crippen LogP contribution in [0.1, 0.15) is 39.0 Å². The summed E-state index contributed by atoms with van der Waals surface area (Å²) in [5.74, 6) is 1.77. The lowest BCUT2D eigenvalue weighted by Crippen LogP contribution is -2.39. The van der Waals surface area contributed by atoms with Crippen molar-refractivity contribution in [1.29, 1.82) is 0 Å². The van der Waals surface area contributed by atoms with Crippen molar-refractivity contribution in [2.45, 2.75) is 45.1 Å². The molecule has 110 valence electrons. The van der Waals surface area contributed by atoms with E-state index in [1.54, 1.807) is 7.11 Å². The molecule has 0 radical (unpaired) electrons. The van der Waals surface area contributed by atoms with Crippen molar-refractivity contribution >= 4 is 23.0 Å². The fourth-order valence-corrected chi connectivity index (χ4v) is 3.03. The lowest BCUT2D eigenvalue weighted by Gasteiger charge is -2.29. The molecule has 1 aliphatic rings. The number of nitrogens with one attached hydrogen (secondary N) is 2. The standard InChI is InChI=1S/C16H24N2OS/c1-3-12-4-6-13(7-5-12)17-16(20)18-14-8-10-15(19-2)11-9-14/h8-13H,3-7H2,1-2H3,(H2,17,18,20). The van der Waals surface area contributed by atoms with Gasteiger partial charge in [0.15, 0.2) is 5.11 Å². The van der Waals surface area contributed by atoms with Crippen LogP contribution in [0.3, 0.4) is 0 Å². The Bertz CT molecular complexity index is 425. The maximum atomic E-state index is 5.38. The van der Waals surface area contributed by atoms with E-state index in [0.717, 1.165) is 22.5 Å². The van der Waals surface area contributed by atoms with Crippen molar-refractivity contribution in [2.75, 3.05) is 12.4 Å². The fraction of sp³-hybridized carbons (Fsp3) is 0.562. The van der Waals surface area contributed by atoms with Crippen LogP contribution < -0.4 is 15.4 Å². The zero-order valence-electron chi connectivity index (χ0n) is 12.3. The third-order valence-electron chi connectivity index (χ3n) is 4.11. The van der Waals surface area contributed by atoms with Crippen LogP contribution in [0.2, 0.25) is 0 Å². The zero-order chi connectivity index (χ0) is 14.4. The molecule has 4 heteroatoms. The molecule has 0 bridgehead atoms. The monoisotopic (exact) mass is 292 g/mol. The molecule has 2 N–H and O–H groups in total. The first-order valence-corrected chi connectivity index (χ1v) is 7.83. The van der Waals surface area contributed by atoms with E-state index in [4.69, 9.17) is 17.0 Å². The molecule has 0 aliphatic heterocycles. The molecule has 1 saturated carbocycles. The Balaban J connectivity index is 1.77. The number of ether oxygens (including phenoxy) is 1. The second kappa shape index (κ2) is 7.48. The van der Waals surface area contributed by atoms with E-state index in [-0.39, 0.29) is 0 Å². The molecule has 20 heavy (non-hydrogen) atoms. The summed E-state index contributed by atoms with van der Waals surface area (Å²) < 4.78 is 5.14. The lowest BCUT2D eigenvalue weighted by atomic mass is 9.85. The van der Waals surface area contributed by atoms with E-state index in [2.05, 4.69) is 17.6 Å². The average Bonchev–Trinajstić information content (AvgIpc) is 2.49. The van der Waals surface area contributed by atoms with Crippen LogP contribution in [0.25, 0.3) is 0 Å². The van der Waals surface area contributed by atoms with E-state index in [9.17, 15) is 0 Å². The van der Waals surface area contributed by atoms with E-state index in [1.807, 2.05) is 24.3 Å². The second-order valence-corrected chi connectivity index (χ2v) is 5.86. The summed E-state index contributed by atoms with van der Waals surface area (Å²) in [7, 11) is 1.67. The first-order chi connectivity index (χ1) is 9.71. The molecular weight excluding hydrogens is 268 g/mol. The van der Waals surface area contributed by atoms with Crippen LogP contribution in [0.15, 0.2) is 24.3 Å². The van der Waals surface area contributed by atoms with Crippen molar-refractivity contribution in [3.63, 3.8) is 0 Å². The van der Waals surface area contributed by atoms with Crippen molar-refractivity contribution in [3.05, 3.63) is 24.3 Å². The third-order valence-corrected chi connectivity index (χ3v) is 4.33. The van der Waals surface area contributed by atoms with Gasteiger partial charge in [0, 0.05) is 11.7 Å². The molecule has 0 amide bonds. The highest BCUT2D eigenvalue weighted by molar-refractivity contribution is 7.80. The molecule has 0 atom stereocenters. The van der Waals surface area contributed by atoms with Gasteiger partial charge in [-0.05, 0) is 68.1 Å². The van der Waals surface area contributed by atoms with Gasteiger partial charge in [-0.25, -0.2) is 0 Å². The normalized spacial score (nSPS) is 22.1. The molecule has 1 aromatic rings. The van der Waals surface area contributed by atoms with E-state index in [0.29, 0.717) is 6.04 Å². The van der Waals surface area contributed by atoms with Crippen LogP contribution >= 0.6 is 12.2 Å². The maximum Gasteiger partial charge on any atom is 0.170 e. The minimum Gasteiger partial charge on any atom is -0.497 e. The summed E-state index contributed by atoms with van der Waals surface area (Å²) in [6.07, 6.45) is 6.39. The number of thiocarbonyl (C=S) groups is 1. The van der Waals surface area contributed by atoms with E-state index in [1.165, 1.54) is 32.1 Å². The molecule has 1 aromatic carbocycles. The van der Waals surface area contributed by atoms with Gasteiger partial charge in [0.05, 0.1) is 7.11 Å². The van der Waals surface area contributed by atoms with Gasteiger partial charge < -0.3 is 15.4 Å². The largest absolute Gasteiger partial charge is 0.497 e. The summed E-state index contributed by atoms with van der Waals surface area (Å²) in [5.41, 5.74) is 0.991. The van der Waals surface area contributed by atoms with Crippen LogP contribution in [0.5, 0.6) is 5.75 Å². The van der Waals surface area contributed by atoms with Crippen molar-refractivity contribution in [1.82, 2.24) is 5.32 Å². The van der Waals surface area contributed by atoms with Crippen LogP contribution in [-0.2, 0) is 0 Å². The van der Waals surface area contributed by atoms with Crippen LogP contribution in [-0.4, -0.2) is 18.3 Å². The van der Waals surface area contributed by atoms with E-state index >= 15 is 0 Å². The Morgan fingerprint density at radius 3 is 2.40 bits per heavy atom. The first kappa shape index (κ1) is 15.1. The molecule has 1 aliphatic carbocycles. The molecule has 3 nitrogen and oxygen atoms in total. The molecule has 0 saturated heterocycles. The number of hydrogen-bond acceptors (Lipinski definition) is 2. The third kappa shape index (κ3) is 4.37. The molecule has 0 heterocycles. The smallest absolute Gasteiger partial charge is 0.170 e. The second-order valence-electron chi connectivity index (χ2n) is 5.45. The number of rotatable bonds is 4. The molecule has 0 spiro atoms. The molecule has 0 aromatic heterocycles. The topological polar surface area (TPSA) is 33.3 Å². The summed E-state index contributed by atoms with van der Waals surface area (Å²) in [6, 6.07) is 8.33. The first-order valence-electron chi connectivity index (χ1n) is 7.42. The van der Waals surface area contributed by atoms with Gasteiger partial charge in [0.25, 0.3) is 0 Å². The van der Waals surface area contributed by atoms with Crippen molar-refractivity contribution < 1.29 is 4.74 Å². The van der Waals surface area contributed by atoms with Crippen LogP contribution in [0, 0.1) is 5.92 Å². The number of hydrogen-bond donors (Lipinski definition) is 2. The van der Waals surface area contributed by atoms with Gasteiger partial charge in [-0.2, -0.15) is 0 Å². The predicted octanol–water partition coefficient (Wildman–Crippen LogP) is 3.95. The Kier molecular flexibility index (Phi) is 5.65. The number of anilines is 1. The highest BCUT2D eigenvalue weighted by Crippen LogP contribution is 2.26. The zero-order valence-corrected chi connectivity index (χ0v) is 13.1. The highest BCUT2D eigenvalue weighted by Gasteiger charge is 2.20. The SMILES string of the molecule is CCC1CCC(NC(=S)Nc2ccc(OC)cc2)CC1. The van der Waals surface area contributed by atoms with Gasteiger partial charge in [-0.15, -0.1) is 0 Å². The fourth-order valence-electron chi connectivity index (χ4n) is 2.74. The Hall–Kier alpha value is -1.29. The van der Waals surface area contributed by atoms with Gasteiger partial charge >= 0.3 is 0 Å². The van der Waals surface area contributed by atoms with Crippen molar-refractivity contribution in [2.24, 2.45) is 5.92 Å². The summed E-state index contributed by atoms with van der Waals surface area (Å²) >= 11 is 5.38. The Labute approximate surface area is 127 Å². The van der Waals surface area contributed by atoms with Gasteiger partial charge in [0.2, 0.25) is 0 Å². The van der Waals surface area contributed by atoms with Gasteiger partial charge in [-0.3, -0.25) is 0 Å². The highest BCUT2D eigenvalue weighted by atomic mass is 32.1. The Morgan fingerprint density at radius 1 is 1.20 bits per heavy atom. The summed E-state index contributed by atoms with van der Waals surface area (Å²) in [6.45, 7) is 2.29. The minimum absolute atomic E-state index is 0.524. The predicted molar refractivity (Wildman–Crippen MR) is 88.4 cm³/mol. The number of methoxy groups -OCH3 is 1. The molecule has 1 fully saturated rings. The minimum atomic E-state index is 0.524. The van der Waals surface area contributed by atoms with Crippen LogP contribution in [0.4, 0.5) is 5.69 Å². The quantitative estimate of drug-likeness (QED) is 0.823. The average molecular weight is 292 g/mol.